The maximum Gasteiger partial charge on any atom is 0.410 e. The van der Waals surface area contributed by atoms with Crippen molar-refractivity contribution < 1.29 is 9.53 Å². The van der Waals surface area contributed by atoms with E-state index in [4.69, 9.17) is 4.74 Å². The Morgan fingerprint density at radius 3 is 2.58 bits per heavy atom. The third-order valence-corrected chi connectivity index (χ3v) is 2.95. The second-order valence-electron chi connectivity index (χ2n) is 5.78. The Hall–Kier alpha value is -1.56. The van der Waals surface area contributed by atoms with Gasteiger partial charge in [0.25, 0.3) is 0 Å². The van der Waals surface area contributed by atoms with Crippen LogP contribution in [0.1, 0.15) is 26.6 Å². The number of hydrogen-bond donors (Lipinski definition) is 1. The molecule has 0 saturated carbocycles. The van der Waals surface area contributed by atoms with Crippen LogP contribution < -0.4 is 0 Å². The molecule has 1 aliphatic heterocycles. The summed E-state index contributed by atoms with van der Waals surface area (Å²) >= 11 is 0. The van der Waals surface area contributed by atoms with Crippen LogP contribution in [0.4, 0.5) is 4.79 Å². The summed E-state index contributed by atoms with van der Waals surface area (Å²) in [4.78, 5) is 23.3. The summed E-state index contributed by atoms with van der Waals surface area (Å²) in [5, 5.41) is 0. The first-order chi connectivity index (χ1) is 8.94. The Bertz CT molecular complexity index is 403. The van der Waals surface area contributed by atoms with Gasteiger partial charge in [0.2, 0.25) is 0 Å². The fourth-order valence-corrected chi connectivity index (χ4v) is 2.01. The molecule has 1 aliphatic rings. The van der Waals surface area contributed by atoms with Gasteiger partial charge < -0.3 is 14.6 Å². The molecule has 1 saturated heterocycles. The van der Waals surface area contributed by atoms with E-state index in [2.05, 4.69) is 14.9 Å². The number of rotatable bonds is 2. The predicted molar refractivity (Wildman–Crippen MR) is 71.7 cm³/mol. The monoisotopic (exact) mass is 266 g/mol. The number of ether oxygens (including phenoxy) is 1. The van der Waals surface area contributed by atoms with E-state index in [9.17, 15) is 4.79 Å². The van der Waals surface area contributed by atoms with Gasteiger partial charge in [-0.2, -0.15) is 0 Å². The van der Waals surface area contributed by atoms with Gasteiger partial charge in [-0.3, -0.25) is 4.90 Å². The van der Waals surface area contributed by atoms with Crippen LogP contribution in [0.25, 0.3) is 0 Å². The van der Waals surface area contributed by atoms with Gasteiger partial charge >= 0.3 is 6.09 Å². The molecule has 1 aromatic rings. The molecular formula is C13H22N4O2. The summed E-state index contributed by atoms with van der Waals surface area (Å²) in [6, 6.07) is 0. The number of aromatic nitrogens is 2. The molecule has 1 amide bonds. The van der Waals surface area contributed by atoms with Crippen LogP contribution in [0.5, 0.6) is 0 Å². The quantitative estimate of drug-likeness (QED) is 0.880. The molecule has 2 rings (SSSR count). The van der Waals surface area contributed by atoms with Gasteiger partial charge in [0.05, 0.1) is 6.54 Å². The molecule has 0 radical (unpaired) electrons. The third-order valence-electron chi connectivity index (χ3n) is 2.95. The zero-order valence-corrected chi connectivity index (χ0v) is 11.8. The molecule has 0 atom stereocenters. The van der Waals surface area contributed by atoms with E-state index in [1.54, 1.807) is 11.1 Å². The van der Waals surface area contributed by atoms with Crippen molar-refractivity contribution in [2.75, 3.05) is 26.2 Å². The Kier molecular flexibility index (Phi) is 4.09. The first-order valence-corrected chi connectivity index (χ1v) is 6.62. The first kappa shape index (κ1) is 13.9. The van der Waals surface area contributed by atoms with Crippen molar-refractivity contribution in [3.63, 3.8) is 0 Å². The lowest BCUT2D eigenvalue weighted by atomic mass is 10.2. The van der Waals surface area contributed by atoms with E-state index in [0.717, 1.165) is 25.5 Å². The Labute approximate surface area is 113 Å². The molecule has 6 heteroatoms. The van der Waals surface area contributed by atoms with Crippen LogP contribution in [-0.2, 0) is 11.3 Å². The second-order valence-corrected chi connectivity index (χ2v) is 5.78. The number of carbonyl (C=O) groups excluding carboxylic acids is 1. The summed E-state index contributed by atoms with van der Waals surface area (Å²) in [6.45, 7) is 9.56. The first-order valence-electron chi connectivity index (χ1n) is 6.62. The number of imidazole rings is 1. The minimum absolute atomic E-state index is 0.217. The van der Waals surface area contributed by atoms with Crippen molar-refractivity contribution in [2.24, 2.45) is 0 Å². The summed E-state index contributed by atoms with van der Waals surface area (Å²) in [5.74, 6) is 0.964. The normalized spacial score (nSPS) is 17.5. The van der Waals surface area contributed by atoms with Crippen LogP contribution in [0.15, 0.2) is 12.4 Å². The van der Waals surface area contributed by atoms with E-state index in [1.165, 1.54) is 0 Å². The van der Waals surface area contributed by atoms with E-state index >= 15 is 0 Å². The number of nitrogens with zero attached hydrogens (tertiary/aromatic N) is 3. The van der Waals surface area contributed by atoms with Crippen molar-refractivity contribution in [1.82, 2.24) is 19.8 Å². The summed E-state index contributed by atoms with van der Waals surface area (Å²) in [6.07, 6.45) is 3.36. The van der Waals surface area contributed by atoms with Crippen molar-refractivity contribution in [3.05, 3.63) is 18.2 Å². The highest BCUT2D eigenvalue weighted by Gasteiger charge is 2.25. The molecule has 0 unspecified atom stereocenters. The maximum absolute atomic E-state index is 11.9. The third kappa shape index (κ3) is 4.24. The lowest BCUT2D eigenvalue weighted by molar-refractivity contribution is 0.0137. The van der Waals surface area contributed by atoms with Crippen molar-refractivity contribution in [3.8, 4) is 0 Å². The minimum Gasteiger partial charge on any atom is -0.444 e. The number of aromatic amines is 1. The lowest BCUT2D eigenvalue weighted by Crippen LogP contribution is -2.49. The van der Waals surface area contributed by atoms with Crippen molar-refractivity contribution in [1.29, 1.82) is 0 Å². The molecule has 19 heavy (non-hydrogen) atoms. The molecule has 0 aliphatic carbocycles. The average Bonchev–Trinajstić information content (AvgIpc) is 2.80. The standard InChI is InChI=1S/C13H22N4O2/c1-13(2,3)19-12(18)17-8-6-16(7-9-17)10-11-14-4-5-15-11/h4-5H,6-10H2,1-3H3,(H,14,15). The number of hydrogen-bond acceptors (Lipinski definition) is 4. The number of H-pyrrole nitrogens is 1. The smallest absolute Gasteiger partial charge is 0.410 e. The fraction of sp³-hybridized carbons (Fsp3) is 0.692. The van der Waals surface area contributed by atoms with Gasteiger partial charge in [0.1, 0.15) is 11.4 Å². The molecule has 0 aromatic carbocycles. The lowest BCUT2D eigenvalue weighted by Gasteiger charge is -2.35. The molecule has 0 spiro atoms. The molecule has 106 valence electrons. The van der Waals surface area contributed by atoms with Gasteiger partial charge in [-0.05, 0) is 20.8 Å². The van der Waals surface area contributed by atoms with Crippen LogP contribution in [0.2, 0.25) is 0 Å². The number of piperazine rings is 1. The molecule has 1 N–H and O–H groups in total. The SMILES string of the molecule is CC(C)(C)OC(=O)N1CCN(Cc2ncc[nH]2)CC1. The second kappa shape index (κ2) is 5.61. The highest BCUT2D eigenvalue weighted by molar-refractivity contribution is 5.68. The van der Waals surface area contributed by atoms with Gasteiger partial charge in [-0.25, -0.2) is 9.78 Å². The van der Waals surface area contributed by atoms with E-state index in [0.29, 0.717) is 13.1 Å². The molecule has 0 bridgehead atoms. The van der Waals surface area contributed by atoms with Crippen LogP contribution in [-0.4, -0.2) is 57.6 Å². The van der Waals surface area contributed by atoms with Gasteiger partial charge in [0.15, 0.2) is 0 Å². The van der Waals surface area contributed by atoms with Crippen molar-refractivity contribution >= 4 is 6.09 Å². The van der Waals surface area contributed by atoms with E-state index in [1.807, 2.05) is 27.0 Å². The van der Waals surface area contributed by atoms with Gasteiger partial charge in [-0.15, -0.1) is 0 Å². The maximum atomic E-state index is 11.9. The van der Waals surface area contributed by atoms with Gasteiger partial charge in [0, 0.05) is 38.6 Å². The van der Waals surface area contributed by atoms with E-state index < -0.39 is 5.60 Å². The highest BCUT2D eigenvalue weighted by Crippen LogP contribution is 2.12. The Morgan fingerprint density at radius 1 is 1.37 bits per heavy atom. The highest BCUT2D eigenvalue weighted by atomic mass is 16.6. The molecule has 1 fully saturated rings. The Morgan fingerprint density at radius 2 is 2.05 bits per heavy atom. The number of carbonyl (C=O) groups is 1. The summed E-state index contributed by atoms with van der Waals surface area (Å²) < 4.78 is 5.37. The minimum atomic E-state index is -0.428. The number of nitrogens with one attached hydrogen (secondary N) is 1. The summed E-state index contributed by atoms with van der Waals surface area (Å²) in [5.41, 5.74) is -0.428. The zero-order chi connectivity index (χ0) is 13.9. The molecule has 2 heterocycles. The topological polar surface area (TPSA) is 61.5 Å². The molecular weight excluding hydrogens is 244 g/mol. The van der Waals surface area contributed by atoms with Crippen LogP contribution in [0, 0.1) is 0 Å². The largest absolute Gasteiger partial charge is 0.444 e. The molecule has 1 aromatic heterocycles. The zero-order valence-electron chi connectivity index (χ0n) is 11.8. The fourth-order valence-electron chi connectivity index (χ4n) is 2.01. The average molecular weight is 266 g/mol. The number of amides is 1. The van der Waals surface area contributed by atoms with Crippen LogP contribution in [0.3, 0.4) is 0 Å². The summed E-state index contributed by atoms with van der Waals surface area (Å²) in [7, 11) is 0. The predicted octanol–water partition coefficient (Wildman–Crippen LogP) is 1.46. The van der Waals surface area contributed by atoms with Gasteiger partial charge in [-0.1, -0.05) is 0 Å². The van der Waals surface area contributed by atoms with E-state index in [-0.39, 0.29) is 6.09 Å². The Balaban J connectivity index is 1.77. The van der Waals surface area contributed by atoms with Crippen LogP contribution >= 0.6 is 0 Å². The van der Waals surface area contributed by atoms with Crippen molar-refractivity contribution in [2.45, 2.75) is 32.9 Å². The molecule has 6 nitrogen and oxygen atoms in total.